The minimum Gasteiger partial charge on any atom is -0.480 e. The van der Waals surface area contributed by atoms with Gasteiger partial charge in [0, 0.05) is 6.20 Å². The van der Waals surface area contributed by atoms with E-state index in [1.807, 2.05) is 0 Å². The van der Waals surface area contributed by atoms with Crippen LogP contribution in [0.4, 0.5) is 0 Å². The van der Waals surface area contributed by atoms with Crippen LogP contribution in [-0.4, -0.2) is 17.9 Å². The smallest absolute Gasteiger partial charge is 0.233 e. The molecule has 2 aromatic heterocycles. The van der Waals surface area contributed by atoms with Crippen molar-refractivity contribution in [2.45, 2.75) is 0 Å². The van der Waals surface area contributed by atoms with Crippen LogP contribution in [-0.2, 0) is 0 Å². The maximum absolute atomic E-state index is 11.9. The average molecular weight is 203 g/mol. The molecule has 0 aliphatic rings. The summed E-state index contributed by atoms with van der Waals surface area (Å²) in [6.45, 7) is 0. The molecule has 4 nitrogen and oxygen atoms in total. The Morgan fingerprint density at radius 1 is 1.40 bits per heavy atom. The van der Waals surface area contributed by atoms with E-state index in [2.05, 4.69) is 4.98 Å². The number of furan rings is 1. The van der Waals surface area contributed by atoms with Crippen LogP contribution < -0.4 is 4.74 Å². The molecule has 0 N–H and O–H groups in total. The first-order valence-corrected chi connectivity index (χ1v) is 4.40. The van der Waals surface area contributed by atoms with Gasteiger partial charge in [-0.2, -0.15) is 0 Å². The van der Waals surface area contributed by atoms with Crippen molar-refractivity contribution < 1.29 is 13.9 Å². The van der Waals surface area contributed by atoms with Crippen LogP contribution in [0.15, 0.2) is 41.1 Å². The van der Waals surface area contributed by atoms with Crippen molar-refractivity contribution in [2.75, 3.05) is 7.11 Å². The zero-order valence-corrected chi connectivity index (χ0v) is 8.14. The van der Waals surface area contributed by atoms with Crippen LogP contribution in [0.25, 0.3) is 0 Å². The van der Waals surface area contributed by atoms with Crippen molar-refractivity contribution in [1.29, 1.82) is 0 Å². The van der Waals surface area contributed by atoms with Gasteiger partial charge in [0.05, 0.1) is 18.9 Å². The highest BCUT2D eigenvalue weighted by molar-refractivity contribution is 6.08. The molecule has 2 heterocycles. The van der Waals surface area contributed by atoms with E-state index in [1.165, 1.54) is 13.4 Å². The minimum atomic E-state index is -0.232. The standard InChI is InChI=1S/C11H9NO3/c1-14-11-8(4-2-6-12-11)10(13)9-5-3-7-15-9/h2-7H,1H3. The maximum atomic E-state index is 11.9. The molecular weight excluding hydrogens is 194 g/mol. The van der Waals surface area contributed by atoms with Gasteiger partial charge in [-0.3, -0.25) is 4.79 Å². The van der Waals surface area contributed by atoms with Gasteiger partial charge in [-0.05, 0) is 24.3 Å². The van der Waals surface area contributed by atoms with Crippen LogP contribution in [0.2, 0.25) is 0 Å². The molecule has 2 aromatic rings. The number of nitrogens with zero attached hydrogens (tertiary/aromatic N) is 1. The molecule has 0 amide bonds. The lowest BCUT2D eigenvalue weighted by Crippen LogP contribution is -2.03. The number of hydrogen-bond donors (Lipinski definition) is 0. The fourth-order valence-electron chi connectivity index (χ4n) is 1.27. The van der Waals surface area contributed by atoms with Crippen molar-refractivity contribution in [3.63, 3.8) is 0 Å². The first-order valence-electron chi connectivity index (χ1n) is 4.40. The van der Waals surface area contributed by atoms with E-state index in [9.17, 15) is 4.79 Å². The Hall–Kier alpha value is -2.10. The van der Waals surface area contributed by atoms with Crippen molar-refractivity contribution in [2.24, 2.45) is 0 Å². The van der Waals surface area contributed by atoms with Gasteiger partial charge in [0.1, 0.15) is 0 Å². The molecule has 76 valence electrons. The van der Waals surface area contributed by atoms with E-state index in [0.717, 1.165) is 0 Å². The summed E-state index contributed by atoms with van der Waals surface area (Å²) in [4.78, 5) is 15.8. The van der Waals surface area contributed by atoms with Gasteiger partial charge in [-0.25, -0.2) is 4.98 Å². The minimum absolute atomic E-state index is 0.232. The molecule has 0 unspecified atom stereocenters. The summed E-state index contributed by atoms with van der Waals surface area (Å²) in [5.41, 5.74) is 0.398. The lowest BCUT2D eigenvalue weighted by atomic mass is 10.1. The predicted molar refractivity (Wildman–Crippen MR) is 52.9 cm³/mol. The first-order chi connectivity index (χ1) is 7.33. The van der Waals surface area contributed by atoms with Gasteiger partial charge in [0.2, 0.25) is 11.7 Å². The number of hydrogen-bond acceptors (Lipinski definition) is 4. The van der Waals surface area contributed by atoms with Crippen molar-refractivity contribution >= 4 is 5.78 Å². The number of methoxy groups -OCH3 is 1. The highest BCUT2D eigenvalue weighted by Crippen LogP contribution is 2.18. The number of carbonyl (C=O) groups is 1. The van der Waals surface area contributed by atoms with Crippen molar-refractivity contribution in [1.82, 2.24) is 4.98 Å². The number of ketones is 1. The molecule has 0 saturated carbocycles. The van der Waals surface area contributed by atoms with Gasteiger partial charge in [0.25, 0.3) is 0 Å². The Bertz CT molecular complexity index is 462. The summed E-state index contributed by atoms with van der Waals surface area (Å²) in [7, 11) is 1.47. The number of pyridine rings is 1. The number of aromatic nitrogens is 1. The van der Waals surface area contributed by atoms with Crippen LogP contribution in [0.1, 0.15) is 16.1 Å². The average Bonchev–Trinajstić information content (AvgIpc) is 2.81. The summed E-state index contributed by atoms with van der Waals surface area (Å²) in [6, 6.07) is 6.60. The molecule has 0 aliphatic carbocycles. The molecule has 0 saturated heterocycles. The third-order valence-corrected chi connectivity index (χ3v) is 1.95. The molecule has 15 heavy (non-hydrogen) atoms. The first kappa shape index (κ1) is 9.45. The largest absolute Gasteiger partial charge is 0.480 e. The van der Waals surface area contributed by atoms with Crippen LogP contribution in [0, 0.1) is 0 Å². The van der Waals surface area contributed by atoms with Crippen LogP contribution in [0.5, 0.6) is 5.88 Å². The van der Waals surface area contributed by atoms with E-state index in [1.54, 1.807) is 30.5 Å². The summed E-state index contributed by atoms with van der Waals surface area (Å²) < 4.78 is 10.0. The SMILES string of the molecule is COc1ncccc1C(=O)c1ccco1. The molecule has 4 heteroatoms. The van der Waals surface area contributed by atoms with Gasteiger partial charge < -0.3 is 9.15 Å². The third kappa shape index (κ3) is 1.74. The lowest BCUT2D eigenvalue weighted by molar-refractivity contribution is 0.101. The number of rotatable bonds is 3. The van der Waals surface area contributed by atoms with E-state index < -0.39 is 0 Å². The summed E-state index contributed by atoms with van der Waals surface area (Å²) in [5, 5.41) is 0. The Morgan fingerprint density at radius 3 is 2.93 bits per heavy atom. The predicted octanol–water partition coefficient (Wildman–Crippen LogP) is 1.91. The fraction of sp³-hybridized carbons (Fsp3) is 0.0909. The quantitative estimate of drug-likeness (QED) is 0.715. The second kappa shape index (κ2) is 3.96. The highest BCUT2D eigenvalue weighted by atomic mass is 16.5. The number of carbonyl (C=O) groups excluding carboxylic acids is 1. The maximum Gasteiger partial charge on any atom is 0.233 e. The van der Waals surface area contributed by atoms with E-state index in [0.29, 0.717) is 11.4 Å². The molecule has 0 fully saturated rings. The Balaban J connectivity index is 2.42. The summed E-state index contributed by atoms with van der Waals surface area (Å²) in [6.07, 6.45) is 3.02. The zero-order chi connectivity index (χ0) is 10.7. The molecule has 0 radical (unpaired) electrons. The van der Waals surface area contributed by atoms with Gasteiger partial charge >= 0.3 is 0 Å². The van der Waals surface area contributed by atoms with Crippen LogP contribution >= 0.6 is 0 Å². The highest BCUT2D eigenvalue weighted by Gasteiger charge is 2.16. The Kier molecular flexibility index (Phi) is 2.49. The molecular formula is C11H9NO3. The number of ether oxygens (including phenoxy) is 1. The van der Waals surface area contributed by atoms with Crippen molar-refractivity contribution in [3.05, 3.63) is 48.0 Å². The van der Waals surface area contributed by atoms with Gasteiger partial charge in [-0.15, -0.1) is 0 Å². The Labute approximate surface area is 86.5 Å². The van der Waals surface area contributed by atoms with Gasteiger partial charge in [-0.1, -0.05) is 0 Å². The monoisotopic (exact) mass is 203 g/mol. The summed E-state index contributed by atoms with van der Waals surface area (Å²) in [5.74, 6) is 0.352. The molecule has 0 atom stereocenters. The van der Waals surface area contributed by atoms with E-state index >= 15 is 0 Å². The van der Waals surface area contributed by atoms with E-state index in [-0.39, 0.29) is 11.5 Å². The van der Waals surface area contributed by atoms with Crippen LogP contribution in [0.3, 0.4) is 0 Å². The molecule has 0 bridgehead atoms. The molecule has 0 spiro atoms. The third-order valence-electron chi connectivity index (χ3n) is 1.95. The second-order valence-electron chi connectivity index (χ2n) is 2.87. The lowest BCUT2D eigenvalue weighted by Gasteiger charge is -2.03. The molecule has 0 aliphatic heterocycles. The Morgan fingerprint density at radius 2 is 2.27 bits per heavy atom. The fourth-order valence-corrected chi connectivity index (χ4v) is 1.27. The van der Waals surface area contributed by atoms with Gasteiger partial charge in [0.15, 0.2) is 5.76 Å². The molecule has 0 aromatic carbocycles. The van der Waals surface area contributed by atoms with E-state index in [4.69, 9.17) is 9.15 Å². The molecule has 2 rings (SSSR count). The summed E-state index contributed by atoms with van der Waals surface area (Å²) >= 11 is 0. The normalized spacial score (nSPS) is 9.93. The second-order valence-corrected chi connectivity index (χ2v) is 2.87. The zero-order valence-electron chi connectivity index (χ0n) is 8.14. The van der Waals surface area contributed by atoms with Crippen molar-refractivity contribution in [3.8, 4) is 5.88 Å². The topological polar surface area (TPSA) is 52.3 Å².